The molecular weight excluding hydrogens is 236 g/mol. The molecule has 1 aliphatic rings. The van der Waals surface area contributed by atoms with Gasteiger partial charge in [0.2, 0.25) is 0 Å². The van der Waals surface area contributed by atoms with E-state index in [-0.39, 0.29) is 0 Å². The summed E-state index contributed by atoms with van der Waals surface area (Å²) in [6.45, 7) is 4.83. The number of benzene rings is 2. The van der Waals surface area contributed by atoms with Crippen molar-refractivity contribution in [2.75, 3.05) is 6.61 Å². The number of rotatable bonds is 2. The Balaban J connectivity index is 2.16. The molecule has 2 nitrogen and oxygen atoms in total. The standard InChI is InChI=1S/C17H20O2/c1-12-8-9-13-6-3-4-7-14(13)15(12)16(18)17(2)10-5-11-19-17/h3-4,6-9,16,18H,5,10-11H2,1-2H3. The van der Waals surface area contributed by atoms with Gasteiger partial charge in [0.25, 0.3) is 0 Å². The lowest BCUT2D eigenvalue weighted by Gasteiger charge is -2.31. The fourth-order valence-corrected chi connectivity index (χ4v) is 3.09. The number of aliphatic hydroxyl groups is 1. The van der Waals surface area contributed by atoms with Gasteiger partial charge in [0, 0.05) is 6.61 Å². The normalized spacial score (nSPS) is 24.8. The van der Waals surface area contributed by atoms with E-state index in [9.17, 15) is 5.11 Å². The van der Waals surface area contributed by atoms with Gasteiger partial charge in [-0.25, -0.2) is 0 Å². The molecule has 0 radical (unpaired) electrons. The summed E-state index contributed by atoms with van der Waals surface area (Å²) in [4.78, 5) is 0. The minimum atomic E-state index is -0.568. The SMILES string of the molecule is Cc1ccc2ccccc2c1C(O)C1(C)CCCO1. The summed E-state index contributed by atoms with van der Waals surface area (Å²) < 4.78 is 5.81. The molecule has 1 aliphatic heterocycles. The molecule has 3 rings (SSSR count). The van der Waals surface area contributed by atoms with Crippen LogP contribution in [0.15, 0.2) is 36.4 Å². The topological polar surface area (TPSA) is 29.5 Å². The molecule has 1 N–H and O–H groups in total. The lowest BCUT2D eigenvalue weighted by molar-refractivity contribution is -0.0792. The molecule has 0 bridgehead atoms. The largest absolute Gasteiger partial charge is 0.385 e. The van der Waals surface area contributed by atoms with Crippen molar-refractivity contribution < 1.29 is 9.84 Å². The van der Waals surface area contributed by atoms with Crippen molar-refractivity contribution in [1.29, 1.82) is 0 Å². The molecule has 2 heteroatoms. The van der Waals surface area contributed by atoms with E-state index in [1.54, 1.807) is 0 Å². The molecule has 0 saturated carbocycles. The summed E-state index contributed by atoms with van der Waals surface area (Å²) in [5.41, 5.74) is 1.69. The highest BCUT2D eigenvalue weighted by molar-refractivity contribution is 5.87. The van der Waals surface area contributed by atoms with Crippen molar-refractivity contribution in [3.05, 3.63) is 47.5 Å². The maximum absolute atomic E-state index is 10.8. The zero-order valence-corrected chi connectivity index (χ0v) is 11.5. The molecule has 2 aromatic rings. The third-order valence-corrected chi connectivity index (χ3v) is 4.29. The maximum atomic E-state index is 10.8. The van der Waals surface area contributed by atoms with Crippen LogP contribution < -0.4 is 0 Å². The molecular formula is C17H20O2. The van der Waals surface area contributed by atoms with Crippen LogP contribution in [0.5, 0.6) is 0 Å². The van der Waals surface area contributed by atoms with Crippen LogP contribution in [-0.2, 0) is 4.74 Å². The molecule has 2 aromatic carbocycles. The molecule has 0 spiro atoms. The first-order chi connectivity index (χ1) is 9.12. The Morgan fingerprint density at radius 2 is 2.00 bits per heavy atom. The van der Waals surface area contributed by atoms with E-state index in [0.717, 1.165) is 36.0 Å². The quantitative estimate of drug-likeness (QED) is 0.886. The average molecular weight is 256 g/mol. The Morgan fingerprint density at radius 1 is 1.21 bits per heavy atom. The summed E-state index contributed by atoms with van der Waals surface area (Å²) in [6, 6.07) is 12.4. The predicted octanol–water partition coefficient (Wildman–Crippen LogP) is 3.75. The molecule has 1 fully saturated rings. The monoisotopic (exact) mass is 256 g/mol. The summed E-state index contributed by atoms with van der Waals surface area (Å²) in [6.07, 6.45) is 1.37. The molecule has 1 saturated heterocycles. The van der Waals surface area contributed by atoms with Gasteiger partial charge in [-0.2, -0.15) is 0 Å². The third kappa shape index (κ3) is 2.05. The van der Waals surface area contributed by atoms with E-state index in [1.807, 2.05) is 19.1 Å². The van der Waals surface area contributed by atoms with Gasteiger partial charge in [-0.05, 0) is 48.6 Å². The van der Waals surface area contributed by atoms with Gasteiger partial charge in [0.05, 0.1) is 5.60 Å². The van der Waals surface area contributed by atoms with Gasteiger partial charge in [-0.15, -0.1) is 0 Å². The first kappa shape index (κ1) is 12.6. The van der Waals surface area contributed by atoms with Crippen LogP contribution in [-0.4, -0.2) is 17.3 Å². The van der Waals surface area contributed by atoms with Gasteiger partial charge in [0.15, 0.2) is 0 Å². The third-order valence-electron chi connectivity index (χ3n) is 4.29. The number of ether oxygens (including phenoxy) is 1. The highest BCUT2D eigenvalue weighted by Crippen LogP contribution is 2.40. The van der Waals surface area contributed by atoms with Gasteiger partial charge in [0.1, 0.15) is 6.10 Å². The van der Waals surface area contributed by atoms with Crippen molar-refractivity contribution in [2.24, 2.45) is 0 Å². The number of hydrogen-bond donors (Lipinski definition) is 1. The number of aryl methyl sites for hydroxylation is 1. The van der Waals surface area contributed by atoms with Crippen LogP contribution in [0, 0.1) is 6.92 Å². The van der Waals surface area contributed by atoms with E-state index >= 15 is 0 Å². The Morgan fingerprint density at radius 3 is 2.74 bits per heavy atom. The molecule has 0 amide bonds. The average Bonchev–Trinajstić information content (AvgIpc) is 2.86. The fourth-order valence-electron chi connectivity index (χ4n) is 3.09. The highest BCUT2D eigenvalue weighted by Gasteiger charge is 2.39. The van der Waals surface area contributed by atoms with Crippen molar-refractivity contribution >= 4 is 10.8 Å². The number of fused-ring (bicyclic) bond motifs is 1. The molecule has 0 aliphatic carbocycles. The first-order valence-electron chi connectivity index (χ1n) is 6.92. The van der Waals surface area contributed by atoms with Crippen LogP contribution in [0.25, 0.3) is 10.8 Å². The minimum Gasteiger partial charge on any atom is -0.385 e. The molecule has 2 unspecified atom stereocenters. The lowest BCUT2D eigenvalue weighted by Crippen LogP contribution is -2.32. The molecule has 2 atom stereocenters. The molecule has 1 heterocycles. The Bertz CT molecular complexity index is 597. The second-order valence-electron chi connectivity index (χ2n) is 5.68. The number of aliphatic hydroxyl groups excluding tert-OH is 1. The highest BCUT2D eigenvalue weighted by atomic mass is 16.5. The van der Waals surface area contributed by atoms with E-state index in [2.05, 4.69) is 31.2 Å². The van der Waals surface area contributed by atoms with E-state index in [4.69, 9.17) is 4.74 Å². The summed E-state index contributed by atoms with van der Waals surface area (Å²) >= 11 is 0. The minimum absolute atomic E-state index is 0.450. The Labute approximate surface area is 114 Å². The molecule has 0 aromatic heterocycles. The van der Waals surface area contributed by atoms with Crippen molar-refractivity contribution in [3.63, 3.8) is 0 Å². The molecule has 100 valence electrons. The second-order valence-corrected chi connectivity index (χ2v) is 5.68. The van der Waals surface area contributed by atoms with Crippen LogP contribution >= 0.6 is 0 Å². The van der Waals surface area contributed by atoms with Crippen LogP contribution in [0.3, 0.4) is 0 Å². The Kier molecular flexibility index (Phi) is 3.08. The predicted molar refractivity (Wildman–Crippen MR) is 77.2 cm³/mol. The van der Waals surface area contributed by atoms with Crippen LogP contribution in [0.2, 0.25) is 0 Å². The fraction of sp³-hybridized carbons (Fsp3) is 0.412. The maximum Gasteiger partial charge on any atom is 0.108 e. The van der Waals surface area contributed by atoms with Crippen molar-refractivity contribution in [3.8, 4) is 0 Å². The number of hydrogen-bond acceptors (Lipinski definition) is 2. The van der Waals surface area contributed by atoms with Crippen molar-refractivity contribution in [2.45, 2.75) is 38.4 Å². The second kappa shape index (κ2) is 4.62. The van der Waals surface area contributed by atoms with Crippen LogP contribution in [0.1, 0.15) is 37.0 Å². The van der Waals surface area contributed by atoms with E-state index in [0.29, 0.717) is 0 Å². The van der Waals surface area contributed by atoms with E-state index < -0.39 is 11.7 Å². The van der Waals surface area contributed by atoms with Gasteiger partial charge < -0.3 is 9.84 Å². The van der Waals surface area contributed by atoms with Gasteiger partial charge in [-0.1, -0.05) is 36.4 Å². The summed E-state index contributed by atoms with van der Waals surface area (Å²) in [5.74, 6) is 0. The lowest BCUT2D eigenvalue weighted by atomic mass is 9.85. The van der Waals surface area contributed by atoms with Crippen LogP contribution in [0.4, 0.5) is 0 Å². The molecule has 19 heavy (non-hydrogen) atoms. The van der Waals surface area contributed by atoms with E-state index in [1.165, 1.54) is 5.39 Å². The van der Waals surface area contributed by atoms with Crippen molar-refractivity contribution in [1.82, 2.24) is 0 Å². The Hall–Kier alpha value is -1.38. The van der Waals surface area contributed by atoms with Gasteiger partial charge >= 0.3 is 0 Å². The summed E-state index contributed by atoms with van der Waals surface area (Å²) in [5, 5.41) is 13.1. The zero-order chi connectivity index (χ0) is 13.5. The first-order valence-corrected chi connectivity index (χ1v) is 6.92. The smallest absolute Gasteiger partial charge is 0.108 e. The van der Waals surface area contributed by atoms with Gasteiger partial charge in [-0.3, -0.25) is 0 Å². The zero-order valence-electron chi connectivity index (χ0n) is 11.5. The summed E-state index contributed by atoms with van der Waals surface area (Å²) in [7, 11) is 0.